The molecule has 4 nitrogen and oxygen atoms in total. The van der Waals surface area contributed by atoms with Crippen LogP contribution in [0.5, 0.6) is 0 Å². The third kappa shape index (κ3) is 1.61. The molecule has 64 valence electrons. The van der Waals surface area contributed by atoms with Gasteiger partial charge in [0, 0.05) is 0 Å². The summed E-state index contributed by atoms with van der Waals surface area (Å²) in [6.07, 6.45) is 2.41. The molecule has 0 radical (unpaired) electrons. The van der Waals surface area contributed by atoms with Crippen LogP contribution >= 0.6 is 0 Å². The highest BCUT2D eigenvalue weighted by atomic mass is 32.2. The fourth-order valence-electron chi connectivity index (χ4n) is 0.825. The van der Waals surface area contributed by atoms with Crippen molar-refractivity contribution < 1.29 is 17.7 Å². The minimum absolute atomic E-state index is 0.0969. The SMILES string of the molecule is C=CCCC1(S(=O)(=O)O)CO1. The molecule has 0 spiro atoms. The van der Waals surface area contributed by atoms with E-state index in [0.29, 0.717) is 6.42 Å². The Balaban J connectivity index is 2.62. The van der Waals surface area contributed by atoms with Crippen LogP contribution < -0.4 is 0 Å². The summed E-state index contributed by atoms with van der Waals surface area (Å²) in [5, 5.41) is 0. The Morgan fingerprint density at radius 1 is 1.73 bits per heavy atom. The Kier molecular flexibility index (Phi) is 2.04. The largest absolute Gasteiger partial charge is 0.351 e. The summed E-state index contributed by atoms with van der Waals surface area (Å²) in [6.45, 7) is 3.54. The first-order valence-corrected chi connectivity index (χ1v) is 4.68. The van der Waals surface area contributed by atoms with Crippen LogP contribution in [-0.2, 0) is 14.9 Å². The fourth-order valence-corrected chi connectivity index (χ4v) is 1.56. The standard InChI is InChI=1S/C6H10O4S/c1-2-3-4-6(5-10-6)11(7,8)9/h2H,1,3-5H2,(H,7,8,9). The molecule has 1 aliphatic heterocycles. The third-order valence-corrected chi connectivity index (χ3v) is 3.05. The Morgan fingerprint density at radius 2 is 2.27 bits per heavy atom. The van der Waals surface area contributed by atoms with Crippen molar-refractivity contribution in [3.8, 4) is 0 Å². The van der Waals surface area contributed by atoms with Crippen LogP contribution in [0, 0.1) is 0 Å². The maximum absolute atomic E-state index is 10.6. The Hall–Kier alpha value is -0.390. The summed E-state index contributed by atoms with van der Waals surface area (Å²) in [7, 11) is -4.03. The molecule has 1 unspecified atom stereocenters. The molecule has 0 aliphatic carbocycles. The first-order chi connectivity index (χ1) is 5.02. The number of epoxide rings is 1. The molecule has 0 aromatic heterocycles. The first-order valence-electron chi connectivity index (χ1n) is 3.24. The van der Waals surface area contributed by atoms with Crippen LogP contribution in [0.1, 0.15) is 12.8 Å². The summed E-state index contributed by atoms with van der Waals surface area (Å²) in [6, 6.07) is 0. The van der Waals surface area contributed by atoms with E-state index in [1.807, 2.05) is 0 Å². The van der Waals surface area contributed by atoms with Gasteiger partial charge in [-0.1, -0.05) is 6.08 Å². The van der Waals surface area contributed by atoms with Crippen molar-refractivity contribution >= 4 is 10.1 Å². The minimum atomic E-state index is -4.03. The van der Waals surface area contributed by atoms with Crippen molar-refractivity contribution in [2.75, 3.05) is 6.61 Å². The lowest BCUT2D eigenvalue weighted by Crippen LogP contribution is -2.23. The Bertz CT molecular complexity index is 250. The van der Waals surface area contributed by atoms with Crippen LogP contribution in [0.15, 0.2) is 12.7 Å². The fraction of sp³-hybridized carbons (Fsp3) is 0.667. The molecule has 1 fully saturated rings. The van der Waals surface area contributed by atoms with Gasteiger partial charge in [-0.3, -0.25) is 4.55 Å². The number of hydrogen-bond donors (Lipinski definition) is 1. The van der Waals surface area contributed by atoms with E-state index in [0.717, 1.165) is 0 Å². The van der Waals surface area contributed by atoms with Crippen LogP contribution in [0.25, 0.3) is 0 Å². The normalized spacial score (nSPS) is 29.9. The van der Waals surface area contributed by atoms with E-state index in [4.69, 9.17) is 4.55 Å². The minimum Gasteiger partial charge on any atom is -0.351 e. The molecule has 0 aromatic rings. The van der Waals surface area contributed by atoms with E-state index in [-0.39, 0.29) is 13.0 Å². The molecular formula is C6H10O4S. The molecular weight excluding hydrogens is 168 g/mol. The lowest BCUT2D eigenvalue weighted by atomic mass is 10.2. The van der Waals surface area contributed by atoms with Gasteiger partial charge in [-0.2, -0.15) is 8.42 Å². The monoisotopic (exact) mass is 178 g/mol. The zero-order valence-electron chi connectivity index (χ0n) is 5.99. The van der Waals surface area contributed by atoms with Crippen LogP contribution in [0.3, 0.4) is 0 Å². The van der Waals surface area contributed by atoms with E-state index in [1.165, 1.54) is 0 Å². The highest BCUT2D eigenvalue weighted by molar-refractivity contribution is 7.87. The number of ether oxygens (including phenoxy) is 1. The topological polar surface area (TPSA) is 66.9 Å². The molecule has 1 aliphatic rings. The highest BCUT2D eigenvalue weighted by Crippen LogP contribution is 2.37. The lowest BCUT2D eigenvalue weighted by molar-refractivity contribution is 0.332. The van der Waals surface area contributed by atoms with Crippen LogP contribution in [0.2, 0.25) is 0 Å². The van der Waals surface area contributed by atoms with Crippen molar-refractivity contribution in [2.45, 2.75) is 17.8 Å². The molecule has 5 heteroatoms. The highest BCUT2D eigenvalue weighted by Gasteiger charge is 2.55. The molecule has 0 aromatic carbocycles. The van der Waals surface area contributed by atoms with Gasteiger partial charge in [-0.15, -0.1) is 6.58 Å². The summed E-state index contributed by atoms with van der Waals surface area (Å²) in [4.78, 5) is -1.30. The van der Waals surface area contributed by atoms with Gasteiger partial charge in [0.2, 0.25) is 4.93 Å². The number of allylic oxidation sites excluding steroid dienone is 1. The van der Waals surface area contributed by atoms with E-state index < -0.39 is 15.1 Å². The summed E-state index contributed by atoms with van der Waals surface area (Å²) >= 11 is 0. The number of hydrogen-bond acceptors (Lipinski definition) is 3. The predicted octanol–water partition coefficient (Wildman–Crippen LogP) is 0.567. The van der Waals surface area contributed by atoms with Crippen molar-refractivity contribution in [2.24, 2.45) is 0 Å². The molecule has 11 heavy (non-hydrogen) atoms. The van der Waals surface area contributed by atoms with Gasteiger partial charge in [0.1, 0.15) is 0 Å². The molecule has 1 rings (SSSR count). The summed E-state index contributed by atoms with van der Waals surface area (Å²) in [5.74, 6) is 0. The predicted molar refractivity (Wildman–Crippen MR) is 39.7 cm³/mol. The Morgan fingerprint density at radius 3 is 2.55 bits per heavy atom. The van der Waals surface area contributed by atoms with Gasteiger partial charge in [0.15, 0.2) is 0 Å². The van der Waals surface area contributed by atoms with E-state index in [9.17, 15) is 8.42 Å². The van der Waals surface area contributed by atoms with Crippen molar-refractivity contribution in [1.82, 2.24) is 0 Å². The number of rotatable bonds is 4. The zero-order valence-corrected chi connectivity index (χ0v) is 6.80. The van der Waals surface area contributed by atoms with Gasteiger partial charge in [-0.05, 0) is 12.8 Å². The van der Waals surface area contributed by atoms with Gasteiger partial charge in [0.05, 0.1) is 6.61 Å². The molecule has 1 N–H and O–H groups in total. The first kappa shape index (κ1) is 8.70. The molecule has 1 saturated heterocycles. The van der Waals surface area contributed by atoms with Crippen molar-refractivity contribution in [1.29, 1.82) is 0 Å². The second kappa shape index (κ2) is 2.58. The molecule has 0 bridgehead atoms. The van der Waals surface area contributed by atoms with Gasteiger partial charge >= 0.3 is 0 Å². The van der Waals surface area contributed by atoms with E-state index in [2.05, 4.69) is 11.3 Å². The van der Waals surface area contributed by atoms with Gasteiger partial charge < -0.3 is 4.74 Å². The van der Waals surface area contributed by atoms with Gasteiger partial charge in [-0.25, -0.2) is 0 Å². The quantitative estimate of drug-likeness (QED) is 0.388. The third-order valence-electron chi connectivity index (χ3n) is 1.67. The molecule has 0 amide bonds. The van der Waals surface area contributed by atoms with Gasteiger partial charge in [0.25, 0.3) is 10.1 Å². The van der Waals surface area contributed by atoms with Crippen LogP contribution in [-0.4, -0.2) is 24.5 Å². The Labute approximate surface area is 65.6 Å². The smallest absolute Gasteiger partial charge is 0.297 e. The molecule has 1 heterocycles. The van der Waals surface area contributed by atoms with Crippen LogP contribution in [0.4, 0.5) is 0 Å². The maximum atomic E-state index is 10.6. The second-order valence-electron chi connectivity index (χ2n) is 2.50. The second-order valence-corrected chi connectivity index (χ2v) is 4.20. The summed E-state index contributed by atoms with van der Waals surface area (Å²) in [5.41, 5.74) is 0. The molecule has 0 saturated carbocycles. The zero-order chi connectivity index (χ0) is 8.54. The van der Waals surface area contributed by atoms with Crippen molar-refractivity contribution in [3.63, 3.8) is 0 Å². The van der Waals surface area contributed by atoms with E-state index >= 15 is 0 Å². The maximum Gasteiger partial charge on any atom is 0.297 e. The average Bonchev–Trinajstić information content (AvgIpc) is 2.61. The van der Waals surface area contributed by atoms with E-state index in [1.54, 1.807) is 6.08 Å². The summed E-state index contributed by atoms with van der Waals surface area (Å²) < 4.78 is 34.6. The molecule has 1 atom stereocenters. The average molecular weight is 178 g/mol. The van der Waals surface area contributed by atoms with Crippen molar-refractivity contribution in [3.05, 3.63) is 12.7 Å². The lowest BCUT2D eigenvalue weighted by Gasteiger charge is -2.04.